The first-order valence-corrected chi connectivity index (χ1v) is 5.56. The average Bonchev–Trinajstić information content (AvgIpc) is 2.72. The van der Waals surface area contributed by atoms with Crippen molar-refractivity contribution in [2.45, 2.75) is 24.1 Å². The van der Waals surface area contributed by atoms with Crippen molar-refractivity contribution < 1.29 is 4.74 Å². The summed E-state index contributed by atoms with van der Waals surface area (Å²) in [7, 11) is 2.02. The fourth-order valence-corrected chi connectivity index (χ4v) is 2.43. The van der Waals surface area contributed by atoms with Crippen molar-refractivity contribution in [1.82, 2.24) is 9.55 Å². The molecule has 1 aromatic heterocycles. The van der Waals surface area contributed by atoms with Crippen molar-refractivity contribution in [2.24, 2.45) is 7.05 Å². The van der Waals surface area contributed by atoms with Gasteiger partial charge in [-0.15, -0.1) is 0 Å². The molecule has 13 heavy (non-hydrogen) atoms. The summed E-state index contributed by atoms with van der Waals surface area (Å²) >= 11 is 1.78. The van der Waals surface area contributed by atoms with E-state index in [4.69, 9.17) is 4.74 Å². The van der Waals surface area contributed by atoms with E-state index < -0.39 is 0 Å². The highest BCUT2D eigenvalue weighted by atomic mass is 32.2. The van der Waals surface area contributed by atoms with Crippen LogP contribution in [0.2, 0.25) is 0 Å². The Morgan fingerprint density at radius 3 is 3.31 bits per heavy atom. The van der Waals surface area contributed by atoms with Crippen LogP contribution in [0, 0.1) is 0 Å². The number of aryl methyl sites for hydroxylation is 1. The van der Waals surface area contributed by atoms with Crippen LogP contribution in [0.25, 0.3) is 0 Å². The molecule has 0 spiro atoms. The van der Waals surface area contributed by atoms with Crippen LogP contribution in [0.5, 0.6) is 0 Å². The molecular weight excluding hydrogens is 184 g/mol. The summed E-state index contributed by atoms with van der Waals surface area (Å²) in [6.07, 6.45) is 6.67. The molecular formula is C9H14N2OS. The molecule has 0 aromatic carbocycles. The molecule has 1 aliphatic heterocycles. The van der Waals surface area contributed by atoms with Gasteiger partial charge < -0.3 is 9.30 Å². The maximum Gasteiger partial charge on any atom is 0.167 e. The second-order valence-corrected chi connectivity index (χ2v) is 4.25. The lowest BCUT2D eigenvalue weighted by molar-refractivity contribution is 0.129. The zero-order valence-electron chi connectivity index (χ0n) is 7.77. The van der Waals surface area contributed by atoms with E-state index in [1.165, 1.54) is 12.8 Å². The number of rotatable bonds is 3. The van der Waals surface area contributed by atoms with E-state index in [0.717, 1.165) is 17.5 Å². The Balaban J connectivity index is 1.82. The van der Waals surface area contributed by atoms with Gasteiger partial charge in [-0.25, -0.2) is 4.98 Å². The predicted molar refractivity (Wildman–Crippen MR) is 52.9 cm³/mol. The summed E-state index contributed by atoms with van der Waals surface area (Å²) in [5.74, 6) is 1.03. The maximum atomic E-state index is 5.53. The quantitative estimate of drug-likeness (QED) is 0.692. The minimum atomic E-state index is 0.446. The molecule has 2 rings (SSSR count). The molecule has 0 bridgehead atoms. The molecule has 0 radical (unpaired) electrons. The van der Waals surface area contributed by atoms with Crippen molar-refractivity contribution >= 4 is 11.8 Å². The summed E-state index contributed by atoms with van der Waals surface area (Å²) in [6, 6.07) is 0. The Bertz CT molecular complexity index is 268. The highest BCUT2D eigenvalue weighted by Crippen LogP contribution is 2.21. The SMILES string of the molecule is Cn1ccnc1SC[C@H]1CCCO1. The molecule has 1 atom stereocenters. The summed E-state index contributed by atoms with van der Waals surface area (Å²) in [5.41, 5.74) is 0. The van der Waals surface area contributed by atoms with Gasteiger partial charge in [-0.05, 0) is 12.8 Å². The molecule has 0 saturated carbocycles. The van der Waals surface area contributed by atoms with Crippen LogP contribution in [-0.2, 0) is 11.8 Å². The van der Waals surface area contributed by atoms with E-state index in [9.17, 15) is 0 Å². The summed E-state index contributed by atoms with van der Waals surface area (Å²) < 4.78 is 7.57. The van der Waals surface area contributed by atoms with Crippen LogP contribution >= 0.6 is 11.8 Å². The zero-order valence-corrected chi connectivity index (χ0v) is 8.59. The summed E-state index contributed by atoms with van der Waals surface area (Å²) in [5, 5.41) is 1.08. The molecule has 0 unspecified atom stereocenters. The Morgan fingerprint density at radius 2 is 2.69 bits per heavy atom. The van der Waals surface area contributed by atoms with Gasteiger partial charge in [0.2, 0.25) is 0 Å². The maximum absolute atomic E-state index is 5.53. The van der Waals surface area contributed by atoms with Crippen LogP contribution in [0.3, 0.4) is 0 Å². The third-order valence-corrected chi connectivity index (χ3v) is 3.39. The van der Waals surface area contributed by atoms with Crippen molar-refractivity contribution in [3.8, 4) is 0 Å². The van der Waals surface area contributed by atoms with Crippen molar-refractivity contribution in [1.29, 1.82) is 0 Å². The van der Waals surface area contributed by atoms with E-state index in [0.29, 0.717) is 6.10 Å². The Hall–Kier alpha value is -0.480. The van der Waals surface area contributed by atoms with Crippen LogP contribution < -0.4 is 0 Å². The summed E-state index contributed by atoms with van der Waals surface area (Å²) in [6.45, 7) is 0.936. The van der Waals surface area contributed by atoms with Gasteiger partial charge in [-0.3, -0.25) is 0 Å². The normalized spacial score (nSPS) is 22.4. The predicted octanol–water partition coefficient (Wildman–Crippen LogP) is 1.69. The van der Waals surface area contributed by atoms with E-state index in [2.05, 4.69) is 4.98 Å². The Morgan fingerprint density at radius 1 is 1.77 bits per heavy atom. The van der Waals surface area contributed by atoms with Gasteiger partial charge in [-0.2, -0.15) is 0 Å². The van der Waals surface area contributed by atoms with Crippen LogP contribution in [0.15, 0.2) is 17.6 Å². The number of ether oxygens (including phenoxy) is 1. The van der Waals surface area contributed by atoms with E-state index in [-0.39, 0.29) is 0 Å². The molecule has 2 heterocycles. The number of aromatic nitrogens is 2. The van der Waals surface area contributed by atoms with Gasteiger partial charge in [-0.1, -0.05) is 11.8 Å². The van der Waals surface area contributed by atoms with Gasteiger partial charge in [0.05, 0.1) is 6.10 Å². The molecule has 0 amide bonds. The lowest BCUT2D eigenvalue weighted by atomic mass is 10.3. The molecule has 1 aromatic rings. The fraction of sp³-hybridized carbons (Fsp3) is 0.667. The molecule has 0 aliphatic carbocycles. The monoisotopic (exact) mass is 198 g/mol. The number of nitrogens with zero attached hydrogens (tertiary/aromatic N) is 2. The third kappa shape index (κ3) is 2.25. The van der Waals surface area contributed by atoms with Crippen molar-refractivity contribution in [3.05, 3.63) is 12.4 Å². The van der Waals surface area contributed by atoms with Gasteiger partial charge in [0, 0.05) is 31.8 Å². The Kier molecular flexibility index (Phi) is 2.90. The molecule has 0 N–H and O–H groups in total. The van der Waals surface area contributed by atoms with E-state index >= 15 is 0 Å². The van der Waals surface area contributed by atoms with E-state index in [1.54, 1.807) is 11.8 Å². The first kappa shape index (κ1) is 9.09. The fourth-order valence-electron chi connectivity index (χ4n) is 1.43. The van der Waals surface area contributed by atoms with Crippen LogP contribution in [0.4, 0.5) is 0 Å². The van der Waals surface area contributed by atoms with Crippen LogP contribution in [-0.4, -0.2) is 28.0 Å². The number of hydrogen-bond donors (Lipinski definition) is 0. The number of thioether (sulfide) groups is 1. The largest absolute Gasteiger partial charge is 0.377 e. The second kappa shape index (κ2) is 4.15. The molecule has 4 heteroatoms. The minimum absolute atomic E-state index is 0.446. The standard InChI is InChI=1S/C9H14N2OS/c1-11-5-4-10-9(11)13-7-8-3-2-6-12-8/h4-5,8H,2-3,6-7H2,1H3/t8-/m1/s1. The topological polar surface area (TPSA) is 27.1 Å². The van der Waals surface area contributed by atoms with Gasteiger partial charge in [0.1, 0.15) is 0 Å². The van der Waals surface area contributed by atoms with Crippen LogP contribution in [0.1, 0.15) is 12.8 Å². The van der Waals surface area contributed by atoms with Crippen molar-refractivity contribution in [2.75, 3.05) is 12.4 Å². The highest BCUT2D eigenvalue weighted by molar-refractivity contribution is 7.99. The third-order valence-electron chi connectivity index (χ3n) is 2.20. The number of hydrogen-bond acceptors (Lipinski definition) is 3. The zero-order chi connectivity index (χ0) is 9.10. The highest BCUT2D eigenvalue weighted by Gasteiger charge is 2.16. The molecule has 72 valence electrons. The van der Waals surface area contributed by atoms with Crippen molar-refractivity contribution in [3.63, 3.8) is 0 Å². The van der Waals surface area contributed by atoms with Gasteiger partial charge >= 0.3 is 0 Å². The first-order chi connectivity index (χ1) is 6.36. The number of imidazole rings is 1. The summed E-state index contributed by atoms with van der Waals surface area (Å²) in [4.78, 5) is 4.25. The molecule has 3 nitrogen and oxygen atoms in total. The van der Waals surface area contributed by atoms with Gasteiger partial charge in [0.15, 0.2) is 5.16 Å². The second-order valence-electron chi connectivity index (χ2n) is 3.27. The minimum Gasteiger partial charge on any atom is -0.377 e. The Labute approximate surface area is 82.5 Å². The first-order valence-electron chi connectivity index (χ1n) is 4.58. The average molecular weight is 198 g/mol. The lowest BCUT2D eigenvalue weighted by Gasteiger charge is -2.07. The lowest BCUT2D eigenvalue weighted by Crippen LogP contribution is -2.08. The molecule has 1 aliphatic rings. The van der Waals surface area contributed by atoms with E-state index in [1.807, 2.05) is 24.0 Å². The molecule has 1 fully saturated rings. The smallest absolute Gasteiger partial charge is 0.167 e. The molecule has 1 saturated heterocycles. The van der Waals surface area contributed by atoms with Gasteiger partial charge in [0.25, 0.3) is 0 Å².